The summed E-state index contributed by atoms with van der Waals surface area (Å²) in [5.74, 6) is -1.72. The van der Waals surface area contributed by atoms with Crippen LogP contribution in [0.2, 0.25) is 0 Å². The third kappa shape index (κ3) is 5.27. The molecule has 0 spiro atoms. The molecule has 1 aliphatic heterocycles. The van der Waals surface area contributed by atoms with Gasteiger partial charge in [0, 0.05) is 25.4 Å². The molecular weight excluding hydrogens is 344 g/mol. The quantitative estimate of drug-likeness (QED) is 0.743. The third-order valence-electron chi connectivity index (χ3n) is 4.48. The zero-order valence-electron chi connectivity index (χ0n) is 14.2. The molecule has 0 aliphatic carbocycles. The summed E-state index contributed by atoms with van der Waals surface area (Å²) in [5.41, 5.74) is 0.832. The highest BCUT2D eigenvalue weighted by Crippen LogP contribution is 2.20. The Labute approximate surface area is 148 Å². The zero-order chi connectivity index (χ0) is 18.4. The Morgan fingerprint density at radius 2 is 1.84 bits per heavy atom. The number of aliphatic carboxylic acids is 1. The Balaban J connectivity index is 1.93. The van der Waals surface area contributed by atoms with Crippen LogP contribution in [-0.4, -0.2) is 54.6 Å². The van der Waals surface area contributed by atoms with Crippen molar-refractivity contribution >= 4 is 21.9 Å². The summed E-state index contributed by atoms with van der Waals surface area (Å²) in [6.07, 6.45) is 1.02. The first-order valence-corrected chi connectivity index (χ1v) is 9.99. The van der Waals surface area contributed by atoms with E-state index in [0.717, 1.165) is 5.56 Å². The summed E-state index contributed by atoms with van der Waals surface area (Å²) >= 11 is 0. The van der Waals surface area contributed by atoms with Gasteiger partial charge in [0.25, 0.3) is 0 Å². The maximum Gasteiger partial charge on any atom is 0.326 e. The van der Waals surface area contributed by atoms with Crippen molar-refractivity contribution in [3.8, 4) is 0 Å². The Morgan fingerprint density at radius 1 is 1.24 bits per heavy atom. The van der Waals surface area contributed by atoms with Crippen LogP contribution in [0.4, 0.5) is 0 Å². The van der Waals surface area contributed by atoms with E-state index in [4.69, 9.17) is 0 Å². The van der Waals surface area contributed by atoms with Crippen molar-refractivity contribution in [3.05, 3.63) is 35.9 Å². The lowest BCUT2D eigenvalue weighted by atomic mass is 9.96. The Bertz CT molecular complexity index is 697. The highest BCUT2D eigenvalue weighted by molar-refractivity contribution is 7.89. The summed E-state index contributed by atoms with van der Waals surface area (Å²) in [4.78, 5) is 23.8. The Morgan fingerprint density at radius 3 is 2.36 bits per heavy atom. The molecule has 1 aliphatic rings. The first-order chi connectivity index (χ1) is 11.8. The van der Waals surface area contributed by atoms with Crippen LogP contribution in [0.15, 0.2) is 30.3 Å². The molecule has 8 heteroatoms. The number of carboxylic acids is 1. The molecule has 1 amide bonds. The molecular formula is C17H24N2O5S. The number of sulfonamides is 1. The molecule has 1 heterocycles. The van der Waals surface area contributed by atoms with E-state index < -0.39 is 22.0 Å². The van der Waals surface area contributed by atoms with E-state index in [2.05, 4.69) is 5.32 Å². The molecule has 0 aromatic heterocycles. The van der Waals surface area contributed by atoms with Crippen molar-refractivity contribution in [2.75, 3.05) is 18.8 Å². The first-order valence-electron chi connectivity index (χ1n) is 8.38. The monoisotopic (exact) mass is 368 g/mol. The average Bonchev–Trinajstić information content (AvgIpc) is 2.62. The largest absolute Gasteiger partial charge is 0.480 e. The van der Waals surface area contributed by atoms with Crippen LogP contribution in [0.1, 0.15) is 25.3 Å². The van der Waals surface area contributed by atoms with Gasteiger partial charge in [-0.3, -0.25) is 4.79 Å². The summed E-state index contributed by atoms with van der Waals surface area (Å²) in [6, 6.07) is 8.12. The van der Waals surface area contributed by atoms with E-state index in [1.807, 2.05) is 30.3 Å². The lowest BCUT2D eigenvalue weighted by Gasteiger charge is -2.30. The fourth-order valence-corrected chi connectivity index (χ4v) is 4.05. The molecule has 1 fully saturated rings. The van der Waals surface area contributed by atoms with Gasteiger partial charge in [-0.1, -0.05) is 30.3 Å². The van der Waals surface area contributed by atoms with E-state index in [9.17, 15) is 23.1 Å². The number of piperidine rings is 1. The number of carboxylic acid groups (broad SMARTS) is 1. The predicted molar refractivity (Wildman–Crippen MR) is 93.5 cm³/mol. The van der Waals surface area contributed by atoms with Gasteiger partial charge in [0.05, 0.1) is 5.75 Å². The summed E-state index contributed by atoms with van der Waals surface area (Å²) in [7, 11) is -3.24. The van der Waals surface area contributed by atoms with E-state index in [0.29, 0.717) is 25.9 Å². The van der Waals surface area contributed by atoms with Crippen molar-refractivity contribution in [2.24, 2.45) is 5.92 Å². The van der Waals surface area contributed by atoms with Gasteiger partial charge in [0.15, 0.2) is 0 Å². The molecule has 25 heavy (non-hydrogen) atoms. The second-order valence-electron chi connectivity index (χ2n) is 6.16. The normalized spacial score (nSPS) is 17.8. The van der Waals surface area contributed by atoms with E-state index in [1.165, 1.54) is 4.31 Å². The first kappa shape index (κ1) is 19.4. The molecule has 1 aromatic carbocycles. The minimum absolute atomic E-state index is 0.0437. The number of hydrogen-bond donors (Lipinski definition) is 2. The van der Waals surface area contributed by atoms with Gasteiger partial charge in [-0.25, -0.2) is 17.5 Å². The molecule has 7 nitrogen and oxygen atoms in total. The zero-order valence-corrected chi connectivity index (χ0v) is 15.0. The lowest BCUT2D eigenvalue weighted by molar-refractivity contribution is -0.142. The maximum absolute atomic E-state index is 12.4. The molecule has 0 unspecified atom stereocenters. The van der Waals surface area contributed by atoms with Crippen molar-refractivity contribution in [1.82, 2.24) is 9.62 Å². The van der Waals surface area contributed by atoms with Crippen LogP contribution in [0.5, 0.6) is 0 Å². The fraction of sp³-hybridized carbons (Fsp3) is 0.529. The SMILES string of the molecule is CCS(=O)(=O)N1CCC(C(=O)N[C@@H](Cc2ccccc2)C(=O)O)CC1. The fourth-order valence-electron chi connectivity index (χ4n) is 2.92. The van der Waals surface area contributed by atoms with Gasteiger partial charge in [-0.05, 0) is 25.3 Å². The van der Waals surface area contributed by atoms with E-state index >= 15 is 0 Å². The summed E-state index contributed by atoms with van der Waals surface area (Å²) < 4.78 is 25.1. The van der Waals surface area contributed by atoms with Crippen LogP contribution in [0, 0.1) is 5.92 Å². The van der Waals surface area contributed by atoms with Gasteiger partial charge in [-0.15, -0.1) is 0 Å². The minimum Gasteiger partial charge on any atom is -0.480 e. The van der Waals surface area contributed by atoms with Crippen molar-refractivity contribution < 1.29 is 23.1 Å². The van der Waals surface area contributed by atoms with Crippen LogP contribution in [-0.2, 0) is 26.0 Å². The number of carbonyl (C=O) groups is 2. The van der Waals surface area contributed by atoms with Crippen LogP contribution >= 0.6 is 0 Å². The number of rotatable bonds is 7. The highest BCUT2D eigenvalue weighted by atomic mass is 32.2. The number of nitrogens with one attached hydrogen (secondary N) is 1. The molecule has 1 aromatic rings. The molecule has 0 bridgehead atoms. The number of amides is 1. The Hall–Kier alpha value is -1.93. The molecule has 2 N–H and O–H groups in total. The topological polar surface area (TPSA) is 104 Å². The van der Waals surface area contributed by atoms with Gasteiger partial charge in [-0.2, -0.15) is 0 Å². The predicted octanol–water partition coefficient (Wildman–Crippen LogP) is 0.860. The van der Waals surface area contributed by atoms with Crippen LogP contribution in [0.25, 0.3) is 0 Å². The van der Waals surface area contributed by atoms with Crippen molar-refractivity contribution in [1.29, 1.82) is 0 Å². The molecule has 0 saturated carbocycles. The number of nitrogens with zero attached hydrogens (tertiary/aromatic N) is 1. The maximum atomic E-state index is 12.4. The van der Waals surface area contributed by atoms with Gasteiger partial charge < -0.3 is 10.4 Å². The molecule has 0 radical (unpaired) electrons. The average molecular weight is 368 g/mol. The Kier molecular flexibility index (Phi) is 6.55. The molecule has 138 valence electrons. The smallest absolute Gasteiger partial charge is 0.326 e. The second kappa shape index (κ2) is 8.44. The number of carbonyl (C=O) groups excluding carboxylic acids is 1. The molecule has 1 atom stereocenters. The van der Waals surface area contributed by atoms with Gasteiger partial charge in [0.2, 0.25) is 15.9 Å². The number of benzene rings is 1. The third-order valence-corrected chi connectivity index (χ3v) is 6.36. The highest BCUT2D eigenvalue weighted by Gasteiger charge is 2.32. The molecule has 2 rings (SSSR count). The van der Waals surface area contributed by atoms with Crippen LogP contribution in [0.3, 0.4) is 0 Å². The van der Waals surface area contributed by atoms with Crippen molar-refractivity contribution in [2.45, 2.75) is 32.2 Å². The van der Waals surface area contributed by atoms with Gasteiger partial charge >= 0.3 is 5.97 Å². The second-order valence-corrected chi connectivity index (χ2v) is 8.42. The standard InChI is InChI=1S/C17H24N2O5S/c1-2-25(23,24)19-10-8-14(9-11-19)16(20)18-15(17(21)22)12-13-6-4-3-5-7-13/h3-7,14-15H,2,8-12H2,1H3,(H,18,20)(H,21,22)/t15-/m0/s1. The summed E-state index contributed by atoms with van der Waals surface area (Å²) in [6.45, 7) is 2.19. The minimum atomic E-state index is -3.24. The lowest BCUT2D eigenvalue weighted by Crippen LogP contribution is -2.48. The summed E-state index contributed by atoms with van der Waals surface area (Å²) in [5, 5.41) is 12.0. The van der Waals surface area contributed by atoms with E-state index in [1.54, 1.807) is 6.92 Å². The van der Waals surface area contributed by atoms with Gasteiger partial charge in [0.1, 0.15) is 6.04 Å². The molecule has 1 saturated heterocycles. The van der Waals surface area contributed by atoms with E-state index in [-0.39, 0.29) is 24.0 Å². The van der Waals surface area contributed by atoms with Crippen molar-refractivity contribution in [3.63, 3.8) is 0 Å². The van der Waals surface area contributed by atoms with Crippen LogP contribution < -0.4 is 5.32 Å². The number of hydrogen-bond acceptors (Lipinski definition) is 4.